The van der Waals surface area contributed by atoms with Gasteiger partial charge in [0.05, 0.1) is 18.5 Å². The van der Waals surface area contributed by atoms with E-state index in [9.17, 15) is 4.39 Å². The fraction of sp³-hybridized carbons (Fsp3) is 0.300. The van der Waals surface area contributed by atoms with Crippen LogP contribution in [-0.4, -0.2) is 39.4 Å². The summed E-state index contributed by atoms with van der Waals surface area (Å²) in [5.74, 6) is -0.237. The zero-order valence-electron chi connectivity index (χ0n) is 14.7. The summed E-state index contributed by atoms with van der Waals surface area (Å²) < 4.78 is 21.6. The molecular weight excluding hydrogens is 331 g/mol. The van der Waals surface area contributed by atoms with Gasteiger partial charge in [-0.3, -0.25) is 14.6 Å². The first kappa shape index (κ1) is 16.9. The van der Waals surface area contributed by atoms with Gasteiger partial charge in [0.25, 0.3) is 0 Å². The predicted molar refractivity (Wildman–Crippen MR) is 96.8 cm³/mol. The third-order valence-corrected chi connectivity index (χ3v) is 4.62. The van der Waals surface area contributed by atoms with Crippen LogP contribution in [0.25, 0.3) is 11.1 Å². The molecule has 0 unspecified atom stereocenters. The highest BCUT2D eigenvalue weighted by atomic mass is 19.1. The molecule has 1 aliphatic rings. The van der Waals surface area contributed by atoms with E-state index in [1.165, 1.54) is 11.6 Å². The van der Waals surface area contributed by atoms with Crippen molar-refractivity contribution < 1.29 is 9.13 Å². The number of hydrogen-bond acceptors (Lipinski definition) is 4. The van der Waals surface area contributed by atoms with Crippen LogP contribution < -0.4 is 0 Å². The zero-order valence-corrected chi connectivity index (χ0v) is 14.7. The molecule has 1 atom stereocenters. The monoisotopic (exact) mass is 352 g/mol. The van der Waals surface area contributed by atoms with Crippen LogP contribution in [-0.2, 0) is 18.3 Å². The zero-order chi connectivity index (χ0) is 17.9. The fourth-order valence-electron chi connectivity index (χ4n) is 3.29. The predicted octanol–water partition coefficient (Wildman–Crippen LogP) is 3.19. The molecule has 0 bridgehead atoms. The topological polar surface area (TPSA) is 43.2 Å². The SMILES string of the molecule is Cn1cc(CN2CCO[C@H](c3ccc(-c4ccccc4F)cn3)C2)cn1. The molecule has 3 heterocycles. The van der Waals surface area contributed by atoms with E-state index in [1.54, 1.807) is 18.3 Å². The summed E-state index contributed by atoms with van der Waals surface area (Å²) in [6.07, 6.45) is 5.57. The molecule has 1 aromatic carbocycles. The molecule has 0 saturated carbocycles. The summed E-state index contributed by atoms with van der Waals surface area (Å²) >= 11 is 0. The Morgan fingerprint density at radius 3 is 2.81 bits per heavy atom. The fourth-order valence-corrected chi connectivity index (χ4v) is 3.29. The Bertz CT molecular complexity index is 878. The Kier molecular flexibility index (Phi) is 4.77. The number of ether oxygens (including phenoxy) is 1. The number of benzene rings is 1. The minimum absolute atomic E-state index is 0.0740. The number of pyridine rings is 1. The highest BCUT2D eigenvalue weighted by Gasteiger charge is 2.23. The quantitative estimate of drug-likeness (QED) is 0.723. The van der Waals surface area contributed by atoms with Gasteiger partial charge < -0.3 is 4.74 Å². The summed E-state index contributed by atoms with van der Waals surface area (Å²) in [5, 5.41) is 4.22. The first-order valence-electron chi connectivity index (χ1n) is 8.71. The molecule has 5 nitrogen and oxygen atoms in total. The lowest BCUT2D eigenvalue weighted by Crippen LogP contribution is -2.38. The summed E-state index contributed by atoms with van der Waals surface area (Å²) in [5.41, 5.74) is 3.40. The van der Waals surface area contributed by atoms with Crippen LogP contribution in [0.15, 0.2) is 55.0 Å². The second-order valence-electron chi connectivity index (χ2n) is 6.57. The molecule has 2 aromatic heterocycles. The van der Waals surface area contributed by atoms with Crippen molar-refractivity contribution in [3.8, 4) is 11.1 Å². The smallest absolute Gasteiger partial charge is 0.131 e. The van der Waals surface area contributed by atoms with E-state index in [0.29, 0.717) is 12.2 Å². The summed E-state index contributed by atoms with van der Waals surface area (Å²) in [7, 11) is 1.92. The Morgan fingerprint density at radius 2 is 2.08 bits per heavy atom. The molecule has 4 rings (SSSR count). The third kappa shape index (κ3) is 3.66. The van der Waals surface area contributed by atoms with Gasteiger partial charge in [-0.05, 0) is 12.1 Å². The van der Waals surface area contributed by atoms with Crippen molar-refractivity contribution in [3.63, 3.8) is 0 Å². The third-order valence-electron chi connectivity index (χ3n) is 4.62. The van der Waals surface area contributed by atoms with E-state index in [0.717, 1.165) is 30.9 Å². The number of halogens is 1. The van der Waals surface area contributed by atoms with E-state index in [4.69, 9.17) is 4.74 Å². The lowest BCUT2D eigenvalue weighted by Gasteiger charge is -2.32. The molecule has 1 aliphatic heterocycles. The molecule has 26 heavy (non-hydrogen) atoms. The van der Waals surface area contributed by atoms with E-state index >= 15 is 0 Å². The van der Waals surface area contributed by atoms with Gasteiger partial charge in [-0.1, -0.05) is 24.3 Å². The number of rotatable bonds is 4. The van der Waals surface area contributed by atoms with Gasteiger partial charge in [0, 0.05) is 55.8 Å². The summed E-state index contributed by atoms with van der Waals surface area (Å²) in [4.78, 5) is 6.88. The number of nitrogens with zero attached hydrogens (tertiary/aromatic N) is 4. The molecule has 0 amide bonds. The van der Waals surface area contributed by atoms with Crippen molar-refractivity contribution in [1.29, 1.82) is 0 Å². The van der Waals surface area contributed by atoms with Gasteiger partial charge in [0.2, 0.25) is 0 Å². The van der Waals surface area contributed by atoms with Gasteiger partial charge in [-0.2, -0.15) is 5.10 Å². The van der Waals surface area contributed by atoms with Crippen molar-refractivity contribution in [2.45, 2.75) is 12.6 Å². The Morgan fingerprint density at radius 1 is 1.19 bits per heavy atom. The lowest BCUT2D eigenvalue weighted by atomic mass is 10.1. The second-order valence-corrected chi connectivity index (χ2v) is 6.57. The number of aromatic nitrogens is 3. The van der Waals surface area contributed by atoms with E-state index < -0.39 is 0 Å². The molecular formula is C20H21FN4O. The molecule has 3 aromatic rings. The van der Waals surface area contributed by atoms with Crippen LogP contribution in [0.5, 0.6) is 0 Å². The van der Waals surface area contributed by atoms with Crippen LogP contribution in [0, 0.1) is 5.82 Å². The van der Waals surface area contributed by atoms with Crippen LogP contribution in [0.1, 0.15) is 17.4 Å². The first-order valence-corrected chi connectivity index (χ1v) is 8.71. The Labute approximate surface area is 152 Å². The van der Waals surface area contributed by atoms with Crippen molar-refractivity contribution in [3.05, 3.63) is 72.1 Å². The molecule has 0 radical (unpaired) electrons. The van der Waals surface area contributed by atoms with Crippen molar-refractivity contribution >= 4 is 0 Å². The normalized spacial score (nSPS) is 18.2. The minimum atomic E-state index is -0.237. The van der Waals surface area contributed by atoms with Crippen molar-refractivity contribution in [2.75, 3.05) is 19.7 Å². The van der Waals surface area contributed by atoms with Gasteiger partial charge in [0.15, 0.2) is 0 Å². The molecule has 1 fully saturated rings. The van der Waals surface area contributed by atoms with Crippen LogP contribution >= 0.6 is 0 Å². The Balaban J connectivity index is 1.46. The molecule has 1 saturated heterocycles. The van der Waals surface area contributed by atoms with Gasteiger partial charge >= 0.3 is 0 Å². The molecule has 0 spiro atoms. The van der Waals surface area contributed by atoms with E-state index in [2.05, 4.69) is 15.0 Å². The maximum atomic E-state index is 13.9. The van der Waals surface area contributed by atoms with Gasteiger partial charge in [-0.15, -0.1) is 0 Å². The average molecular weight is 352 g/mol. The van der Waals surface area contributed by atoms with Crippen LogP contribution in [0.4, 0.5) is 4.39 Å². The summed E-state index contributed by atoms with van der Waals surface area (Å²) in [6, 6.07) is 10.6. The average Bonchev–Trinajstić information content (AvgIpc) is 3.07. The highest BCUT2D eigenvalue weighted by molar-refractivity contribution is 5.63. The molecule has 6 heteroatoms. The molecule has 0 aliphatic carbocycles. The minimum Gasteiger partial charge on any atom is -0.369 e. The van der Waals surface area contributed by atoms with Crippen molar-refractivity contribution in [2.24, 2.45) is 7.05 Å². The summed E-state index contributed by atoms with van der Waals surface area (Å²) in [6.45, 7) is 3.18. The maximum Gasteiger partial charge on any atom is 0.131 e. The number of morpholine rings is 1. The first-order chi connectivity index (χ1) is 12.7. The number of hydrogen-bond donors (Lipinski definition) is 0. The van der Waals surface area contributed by atoms with Gasteiger partial charge in [0.1, 0.15) is 11.9 Å². The standard InChI is InChI=1S/C20H21FN4O/c1-24-12-15(10-23-24)13-25-8-9-26-20(14-25)19-7-6-16(11-22-19)17-4-2-3-5-18(17)21/h2-7,10-12,20H,8-9,13-14H2,1H3/t20-/m0/s1. The molecule has 134 valence electrons. The largest absolute Gasteiger partial charge is 0.369 e. The van der Waals surface area contributed by atoms with Gasteiger partial charge in [-0.25, -0.2) is 4.39 Å². The highest BCUT2D eigenvalue weighted by Crippen LogP contribution is 2.26. The van der Waals surface area contributed by atoms with Crippen LogP contribution in [0.2, 0.25) is 0 Å². The molecule has 0 N–H and O–H groups in total. The lowest BCUT2D eigenvalue weighted by molar-refractivity contribution is -0.0349. The van der Waals surface area contributed by atoms with Crippen LogP contribution in [0.3, 0.4) is 0 Å². The number of aryl methyl sites for hydroxylation is 1. The van der Waals surface area contributed by atoms with E-state index in [-0.39, 0.29) is 11.9 Å². The Hall–Kier alpha value is -2.57. The maximum absolute atomic E-state index is 13.9. The van der Waals surface area contributed by atoms with Crippen molar-refractivity contribution in [1.82, 2.24) is 19.7 Å². The second kappa shape index (κ2) is 7.35. The van der Waals surface area contributed by atoms with E-state index in [1.807, 2.05) is 42.3 Å².